The summed E-state index contributed by atoms with van der Waals surface area (Å²) in [6.45, 7) is 0.172. The van der Waals surface area contributed by atoms with Crippen LogP contribution < -0.4 is 0 Å². The van der Waals surface area contributed by atoms with Crippen LogP contribution >= 0.6 is 23.2 Å². The normalized spacial score (nSPS) is 18.1. The first-order valence-electron chi connectivity index (χ1n) is 9.39. The minimum atomic E-state index is -3.37. The summed E-state index contributed by atoms with van der Waals surface area (Å²) < 4.78 is 67.6. The Bertz CT molecular complexity index is 1090. The van der Waals surface area contributed by atoms with Gasteiger partial charge in [0.1, 0.15) is 17.9 Å². The van der Waals surface area contributed by atoms with Crippen molar-refractivity contribution in [2.45, 2.75) is 44.9 Å². The summed E-state index contributed by atoms with van der Waals surface area (Å²) in [7, 11) is 0. The zero-order valence-electron chi connectivity index (χ0n) is 15.9. The van der Waals surface area contributed by atoms with Crippen LogP contribution in [0.1, 0.15) is 31.4 Å². The van der Waals surface area contributed by atoms with Gasteiger partial charge in [-0.3, -0.25) is 4.57 Å². The van der Waals surface area contributed by atoms with Gasteiger partial charge >= 0.3 is 0 Å². The van der Waals surface area contributed by atoms with Crippen molar-refractivity contribution in [1.29, 1.82) is 0 Å². The molecule has 0 aliphatic carbocycles. The number of fused-ring (bicyclic) bond motifs is 1. The van der Waals surface area contributed by atoms with Crippen LogP contribution in [0.3, 0.4) is 0 Å². The molecule has 3 aromatic rings. The molecule has 31 heavy (non-hydrogen) atoms. The molecule has 1 aliphatic rings. The minimum absolute atomic E-state index is 0.0536. The van der Waals surface area contributed by atoms with Crippen molar-refractivity contribution in [3.63, 3.8) is 0 Å². The van der Waals surface area contributed by atoms with E-state index in [1.54, 1.807) is 0 Å². The van der Waals surface area contributed by atoms with Crippen LogP contribution in [0.25, 0.3) is 22.3 Å². The molecule has 1 aromatic carbocycles. The number of benzene rings is 1. The second-order valence-corrected chi connectivity index (χ2v) is 7.62. The fourth-order valence-corrected chi connectivity index (χ4v) is 3.72. The van der Waals surface area contributed by atoms with E-state index >= 15 is 0 Å². The van der Waals surface area contributed by atoms with Crippen LogP contribution in [0.15, 0.2) is 18.3 Å². The average molecular weight is 479 g/mol. The SMILES string of the molecule is Fc1cc(-c2nc(Cl)ncc2Cl)cc2c1nc(COC1CCCCO1)n2C(F)C(F)F. The summed E-state index contributed by atoms with van der Waals surface area (Å²) in [6.07, 6.45) is -3.11. The molecule has 0 saturated carbocycles. The Morgan fingerprint density at radius 1 is 1.19 bits per heavy atom. The molecule has 1 aliphatic heterocycles. The average Bonchev–Trinajstić information content (AvgIpc) is 3.13. The van der Waals surface area contributed by atoms with Gasteiger partial charge in [-0.05, 0) is 43.0 Å². The third-order valence-electron chi connectivity index (χ3n) is 4.80. The Balaban J connectivity index is 1.79. The molecule has 6 nitrogen and oxygen atoms in total. The fraction of sp³-hybridized carbons (Fsp3) is 0.421. The van der Waals surface area contributed by atoms with Gasteiger partial charge in [0.05, 0.1) is 22.4 Å². The van der Waals surface area contributed by atoms with E-state index in [0.717, 1.165) is 18.9 Å². The topological polar surface area (TPSA) is 62.1 Å². The first-order chi connectivity index (χ1) is 14.8. The summed E-state index contributed by atoms with van der Waals surface area (Å²) in [5.74, 6) is -1.06. The number of aromatic nitrogens is 4. The molecule has 1 fully saturated rings. The largest absolute Gasteiger partial charge is 0.353 e. The molecule has 0 N–H and O–H groups in total. The van der Waals surface area contributed by atoms with Crippen LogP contribution in [-0.4, -0.2) is 38.8 Å². The molecule has 1 saturated heterocycles. The Hall–Kier alpha value is -2.01. The standard InChI is InChI=1S/C19H16Cl2F4N4O2/c20-10-7-26-19(21)28-15(10)9-5-11(22)16-12(6-9)29(18(25)17(23)24)13(27-16)8-31-14-3-1-2-4-30-14/h5-7,14,17-18H,1-4,8H2. The summed E-state index contributed by atoms with van der Waals surface area (Å²) in [6, 6.07) is 2.33. The maximum atomic E-state index is 14.8. The van der Waals surface area contributed by atoms with Crippen LogP contribution in [-0.2, 0) is 16.1 Å². The van der Waals surface area contributed by atoms with Crippen molar-refractivity contribution in [3.8, 4) is 11.3 Å². The monoisotopic (exact) mass is 478 g/mol. The molecule has 2 unspecified atom stereocenters. The molecule has 2 atom stereocenters. The van der Waals surface area contributed by atoms with Crippen molar-refractivity contribution in [2.24, 2.45) is 0 Å². The Morgan fingerprint density at radius 3 is 2.71 bits per heavy atom. The second-order valence-electron chi connectivity index (χ2n) is 6.87. The maximum Gasteiger partial charge on any atom is 0.288 e. The summed E-state index contributed by atoms with van der Waals surface area (Å²) in [5.41, 5.74) is -0.315. The number of hydrogen-bond acceptors (Lipinski definition) is 5. The van der Waals surface area contributed by atoms with E-state index in [2.05, 4.69) is 15.0 Å². The van der Waals surface area contributed by atoms with Gasteiger partial charge in [-0.1, -0.05) is 11.6 Å². The van der Waals surface area contributed by atoms with Crippen molar-refractivity contribution < 1.29 is 27.0 Å². The van der Waals surface area contributed by atoms with Crippen molar-refractivity contribution in [2.75, 3.05) is 6.61 Å². The number of imidazole rings is 1. The van der Waals surface area contributed by atoms with Crippen LogP contribution in [0.4, 0.5) is 17.6 Å². The molecule has 0 spiro atoms. The Morgan fingerprint density at radius 2 is 2.00 bits per heavy atom. The first kappa shape index (κ1) is 22.2. The zero-order valence-corrected chi connectivity index (χ0v) is 17.4. The highest BCUT2D eigenvalue weighted by molar-refractivity contribution is 6.33. The highest BCUT2D eigenvalue weighted by Crippen LogP contribution is 2.34. The Kier molecular flexibility index (Phi) is 6.61. The van der Waals surface area contributed by atoms with Gasteiger partial charge in [-0.25, -0.2) is 32.5 Å². The quantitative estimate of drug-likeness (QED) is 0.335. The van der Waals surface area contributed by atoms with Gasteiger partial charge in [0.2, 0.25) is 11.6 Å². The molecule has 0 amide bonds. The van der Waals surface area contributed by atoms with Crippen LogP contribution in [0.5, 0.6) is 0 Å². The molecular weight excluding hydrogens is 463 g/mol. The maximum absolute atomic E-state index is 14.8. The molecule has 2 aromatic heterocycles. The van der Waals surface area contributed by atoms with Crippen molar-refractivity contribution >= 4 is 34.2 Å². The molecule has 4 rings (SSSR count). The first-order valence-corrected chi connectivity index (χ1v) is 10.1. The minimum Gasteiger partial charge on any atom is -0.353 e. The third-order valence-corrected chi connectivity index (χ3v) is 5.26. The van der Waals surface area contributed by atoms with E-state index in [4.69, 9.17) is 32.7 Å². The molecule has 3 heterocycles. The predicted octanol–water partition coefficient (Wildman–Crippen LogP) is 5.72. The molecule has 0 bridgehead atoms. The lowest BCUT2D eigenvalue weighted by Crippen LogP contribution is -2.23. The molecule has 12 heteroatoms. The summed E-state index contributed by atoms with van der Waals surface area (Å²) in [5, 5.41) is -0.0937. The molecular formula is C19H16Cl2F4N4O2. The fourth-order valence-electron chi connectivity index (χ4n) is 3.39. The van der Waals surface area contributed by atoms with E-state index in [9.17, 15) is 17.6 Å². The Labute approximate surface area is 184 Å². The molecule has 166 valence electrons. The number of ether oxygens (including phenoxy) is 2. The lowest BCUT2D eigenvalue weighted by Gasteiger charge is -2.23. The summed E-state index contributed by atoms with van der Waals surface area (Å²) >= 11 is 11.9. The number of nitrogens with zero attached hydrogens (tertiary/aromatic N) is 4. The second kappa shape index (κ2) is 9.23. The van der Waals surface area contributed by atoms with Crippen LogP contribution in [0, 0.1) is 5.82 Å². The number of rotatable bonds is 6. The van der Waals surface area contributed by atoms with Gasteiger partial charge in [-0.2, -0.15) is 0 Å². The van der Waals surface area contributed by atoms with Gasteiger partial charge < -0.3 is 9.47 Å². The van der Waals surface area contributed by atoms with Gasteiger partial charge in [-0.15, -0.1) is 0 Å². The predicted molar refractivity (Wildman–Crippen MR) is 105 cm³/mol. The lowest BCUT2D eigenvalue weighted by molar-refractivity contribution is -0.171. The van der Waals surface area contributed by atoms with E-state index in [-0.39, 0.29) is 45.0 Å². The van der Waals surface area contributed by atoms with Crippen LogP contribution in [0.2, 0.25) is 10.3 Å². The van der Waals surface area contributed by atoms with Gasteiger partial charge in [0, 0.05) is 12.2 Å². The lowest BCUT2D eigenvalue weighted by atomic mass is 10.1. The smallest absolute Gasteiger partial charge is 0.288 e. The third kappa shape index (κ3) is 4.62. The van der Waals surface area contributed by atoms with E-state index in [0.29, 0.717) is 17.6 Å². The molecule has 0 radical (unpaired) electrons. The number of hydrogen-bond donors (Lipinski definition) is 0. The highest BCUT2D eigenvalue weighted by Gasteiger charge is 2.29. The number of alkyl halides is 3. The van der Waals surface area contributed by atoms with E-state index in [1.165, 1.54) is 12.3 Å². The van der Waals surface area contributed by atoms with Crippen molar-refractivity contribution in [1.82, 2.24) is 19.5 Å². The van der Waals surface area contributed by atoms with Gasteiger partial charge in [0.15, 0.2) is 12.1 Å². The van der Waals surface area contributed by atoms with Crippen molar-refractivity contribution in [3.05, 3.63) is 40.3 Å². The zero-order chi connectivity index (χ0) is 22.1. The van der Waals surface area contributed by atoms with E-state index in [1.807, 2.05) is 0 Å². The summed E-state index contributed by atoms with van der Waals surface area (Å²) in [4.78, 5) is 11.7. The van der Waals surface area contributed by atoms with E-state index < -0.39 is 24.8 Å². The number of halogens is 6. The van der Waals surface area contributed by atoms with Gasteiger partial charge in [0.25, 0.3) is 6.43 Å². The highest BCUT2D eigenvalue weighted by atomic mass is 35.5.